The van der Waals surface area contributed by atoms with Gasteiger partial charge in [-0.3, -0.25) is 0 Å². The Morgan fingerprint density at radius 3 is 3.06 bits per heavy atom. The Morgan fingerprint density at radius 1 is 1.38 bits per heavy atom. The molecule has 1 aliphatic rings. The van der Waals surface area contributed by atoms with Crippen LogP contribution in [0.4, 0.5) is 0 Å². The Kier molecular flexibility index (Phi) is 5.20. The number of ether oxygens (including phenoxy) is 1. The maximum absolute atomic E-state index is 5.71. The molecule has 0 radical (unpaired) electrons. The van der Waals surface area contributed by atoms with Gasteiger partial charge in [-0.2, -0.15) is 11.8 Å². The molecule has 0 aliphatic carbocycles. The molecule has 0 N–H and O–H groups in total. The third-order valence-corrected chi connectivity index (χ3v) is 4.37. The first-order valence-corrected chi connectivity index (χ1v) is 7.73. The highest BCUT2D eigenvalue weighted by molar-refractivity contribution is 9.10. The van der Waals surface area contributed by atoms with Crippen LogP contribution < -0.4 is 0 Å². The van der Waals surface area contributed by atoms with Crippen molar-refractivity contribution in [3.8, 4) is 0 Å². The molecule has 3 heteroatoms. The van der Waals surface area contributed by atoms with Crippen LogP contribution in [0.25, 0.3) is 0 Å². The molecule has 1 saturated heterocycles. The van der Waals surface area contributed by atoms with E-state index in [0.29, 0.717) is 6.10 Å². The molecule has 88 valence electrons. The van der Waals surface area contributed by atoms with E-state index in [1.807, 2.05) is 11.8 Å². The first-order chi connectivity index (χ1) is 7.84. The monoisotopic (exact) mass is 300 g/mol. The highest BCUT2D eigenvalue weighted by Gasteiger charge is 2.13. The lowest BCUT2D eigenvalue weighted by molar-refractivity contribution is 0.0315. The summed E-state index contributed by atoms with van der Waals surface area (Å²) in [6.45, 7) is 0.960. The zero-order valence-corrected chi connectivity index (χ0v) is 11.7. The van der Waals surface area contributed by atoms with Gasteiger partial charge >= 0.3 is 0 Å². The number of thioether (sulfide) groups is 1. The van der Waals surface area contributed by atoms with E-state index < -0.39 is 0 Å². The number of benzene rings is 1. The molecule has 1 heterocycles. The molecule has 1 fully saturated rings. The normalized spacial score (nSPS) is 20.9. The molecule has 1 aromatic rings. The molecule has 1 atom stereocenters. The summed E-state index contributed by atoms with van der Waals surface area (Å²) in [5.74, 6) is 2.21. The van der Waals surface area contributed by atoms with Crippen molar-refractivity contribution >= 4 is 27.7 Å². The summed E-state index contributed by atoms with van der Waals surface area (Å²) in [5, 5.41) is 0. The number of hydrogen-bond acceptors (Lipinski definition) is 2. The summed E-state index contributed by atoms with van der Waals surface area (Å²) in [6, 6.07) is 8.53. The van der Waals surface area contributed by atoms with Crippen LogP contribution in [0.2, 0.25) is 0 Å². The molecule has 2 rings (SSSR count). The summed E-state index contributed by atoms with van der Waals surface area (Å²) in [7, 11) is 0. The minimum atomic E-state index is 0.492. The predicted molar refractivity (Wildman–Crippen MR) is 73.9 cm³/mol. The van der Waals surface area contributed by atoms with E-state index in [-0.39, 0.29) is 0 Å². The molecule has 1 aromatic carbocycles. The molecule has 0 saturated carbocycles. The number of rotatable bonds is 4. The number of hydrogen-bond donors (Lipinski definition) is 0. The number of halogens is 1. The maximum Gasteiger partial charge on any atom is 0.0665 e. The van der Waals surface area contributed by atoms with Crippen molar-refractivity contribution in [1.29, 1.82) is 0 Å². The Labute approximate surface area is 110 Å². The van der Waals surface area contributed by atoms with E-state index >= 15 is 0 Å². The van der Waals surface area contributed by atoms with Gasteiger partial charge in [-0.25, -0.2) is 0 Å². The van der Waals surface area contributed by atoms with Gasteiger partial charge < -0.3 is 4.74 Å². The Bertz CT molecular complexity index is 323. The lowest BCUT2D eigenvalue weighted by Crippen LogP contribution is -2.21. The van der Waals surface area contributed by atoms with Gasteiger partial charge in [0.15, 0.2) is 0 Å². The standard InChI is InChI=1S/C13H17BrOS/c14-12-5-3-4-11(8-12)9-16-10-13-6-1-2-7-15-13/h3-5,8,13H,1-2,6-7,9-10H2. The van der Waals surface area contributed by atoms with E-state index in [1.165, 1.54) is 29.3 Å². The molecule has 0 amide bonds. The molecule has 1 aliphatic heterocycles. The molecule has 16 heavy (non-hydrogen) atoms. The largest absolute Gasteiger partial charge is 0.377 e. The zero-order chi connectivity index (χ0) is 11.2. The fraction of sp³-hybridized carbons (Fsp3) is 0.538. The van der Waals surface area contributed by atoms with E-state index in [4.69, 9.17) is 4.74 Å². The van der Waals surface area contributed by atoms with Gasteiger partial charge in [0.2, 0.25) is 0 Å². The Balaban J connectivity index is 1.71. The third-order valence-electron chi connectivity index (χ3n) is 2.74. The van der Waals surface area contributed by atoms with Crippen molar-refractivity contribution in [3.05, 3.63) is 34.3 Å². The quantitative estimate of drug-likeness (QED) is 0.822. The van der Waals surface area contributed by atoms with Crippen LogP contribution in [0.5, 0.6) is 0 Å². The topological polar surface area (TPSA) is 9.23 Å². The molecule has 1 unspecified atom stereocenters. The van der Waals surface area contributed by atoms with Crippen molar-refractivity contribution in [2.24, 2.45) is 0 Å². The summed E-state index contributed by atoms with van der Waals surface area (Å²) >= 11 is 5.47. The van der Waals surface area contributed by atoms with Gasteiger partial charge in [0.1, 0.15) is 0 Å². The predicted octanol–water partition coefficient (Wildman–Crippen LogP) is 4.25. The van der Waals surface area contributed by atoms with Crippen LogP contribution >= 0.6 is 27.7 Å². The van der Waals surface area contributed by atoms with Crippen molar-refractivity contribution in [2.45, 2.75) is 31.1 Å². The second kappa shape index (κ2) is 6.67. The Morgan fingerprint density at radius 2 is 2.31 bits per heavy atom. The van der Waals surface area contributed by atoms with Gasteiger partial charge in [-0.15, -0.1) is 0 Å². The van der Waals surface area contributed by atoms with E-state index in [0.717, 1.165) is 18.1 Å². The summed E-state index contributed by atoms with van der Waals surface area (Å²) in [4.78, 5) is 0. The van der Waals surface area contributed by atoms with Crippen LogP contribution in [0, 0.1) is 0 Å². The van der Waals surface area contributed by atoms with Crippen LogP contribution in [0.15, 0.2) is 28.7 Å². The minimum Gasteiger partial charge on any atom is -0.377 e. The average Bonchev–Trinajstić information content (AvgIpc) is 2.30. The summed E-state index contributed by atoms with van der Waals surface area (Å²) in [6.07, 6.45) is 4.31. The lowest BCUT2D eigenvalue weighted by Gasteiger charge is -2.22. The lowest BCUT2D eigenvalue weighted by atomic mass is 10.1. The molecular weight excluding hydrogens is 284 g/mol. The van der Waals surface area contributed by atoms with E-state index in [1.54, 1.807) is 0 Å². The SMILES string of the molecule is Brc1cccc(CSCC2CCCCO2)c1. The van der Waals surface area contributed by atoms with E-state index in [9.17, 15) is 0 Å². The van der Waals surface area contributed by atoms with Gasteiger partial charge in [0.25, 0.3) is 0 Å². The van der Waals surface area contributed by atoms with Crippen LogP contribution in [0.3, 0.4) is 0 Å². The first kappa shape index (κ1) is 12.5. The second-order valence-electron chi connectivity index (χ2n) is 4.13. The van der Waals surface area contributed by atoms with Gasteiger partial charge in [0.05, 0.1) is 6.10 Å². The van der Waals surface area contributed by atoms with Crippen molar-refractivity contribution in [3.63, 3.8) is 0 Å². The fourth-order valence-corrected chi connectivity index (χ4v) is 3.38. The van der Waals surface area contributed by atoms with Gasteiger partial charge in [-0.05, 0) is 37.0 Å². The van der Waals surface area contributed by atoms with Crippen molar-refractivity contribution in [1.82, 2.24) is 0 Å². The maximum atomic E-state index is 5.71. The zero-order valence-electron chi connectivity index (χ0n) is 9.32. The first-order valence-electron chi connectivity index (χ1n) is 5.78. The van der Waals surface area contributed by atoms with Crippen LogP contribution in [-0.4, -0.2) is 18.5 Å². The average molecular weight is 301 g/mol. The van der Waals surface area contributed by atoms with Crippen molar-refractivity contribution < 1.29 is 4.74 Å². The van der Waals surface area contributed by atoms with Crippen LogP contribution in [0.1, 0.15) is 24.8 Å². The molecule has 1 nitrogen and oxygen atoms in total. The molecular formula is C13H17BrOS. The van der Waals surface area contributed by atoms with Crippen molar-refractivity contribution in [2.75, 3.05) is 12.4 Å². The third kappa shape index (κ3) is 4.11. The minimum absolute atomic E-state index is 0.492. The van der Waals surface area contributed by atoms with Crippen LogP contribution in [-0.2, 0) is 10.5 Å². The molecule has 0 spiro atoms. The second-order valence-corrected chi connectivity index (χ2v) is 6.08. The summed E-state index contributed by atoms with van der Waals surface area (Å²) < 4.78 is 6.88. The smallest absolute Gasteiger partial charge is 0.0665 e. The summed E-state index contributed by atoms with van der Waals surface area (Å²) in [5.41, 5.74) is 1.38. The molecule has 0 aromatic heterocycles. The Hall–Kier alpha value is 0.01000. The highest BCUT2D eigenvalue weighted by Crippen LogP contribution is 2.21. The van der Waals surface area contributed by atoms with E-state index in [2.05, 4.69) is 40.2 Å². The molecule has 0 bridgehead atoms. The van der Waals surface area contributed by atoms with Gasteiger partial charge in [-0.1, -0.05) is 28.1 Å². The fourth-order valence-electron chi connectivity index (χ4n) is 1.87. The van der Waals surface area contributed by atoms with Gasteiger partial charge in [0, 0.05) is 22.6 Å². The highest BCUT2D eigenvalue weighted by atomic mass is 79.9.